The molecule has 1 heterocycles. The number of fused-ring (bicyclic) bond motifs is 1. The second-order valence-corrected chi connectivity index (χ2v) is 5.56. The molecule has 1 saturated carbocycles. The van der Waals surface area contributed by atoms with E-state index in [1.807, 2.05) is 18.2 Å². The molecule has 1 aromatic carbocycles. The molecule has 2 aliphatic rings. The van der Waals surface area contributed by atoms with Gasteiger partial charge in [-0.1, -0.05) is 19.3 Å². The number of hydrogen-bond acceptors (Lipinski definition) is 3. The lowest BCUT2D eigenvalue weighted by molar-refractivity contribution is -0.126. The lowest BCUT2D eigenvalue weighted by atomic mass is 9.73. The fourth-order valence-electron chi connectivity index (χ4n) is 3.14. The zero-order chi connectivity index (χ0) is 13.3. The summed E-state index contributed by atoms with van der Waals surface area (Å²) in [4.78, 5) is 12.5. The van der Waals surface area contributed by atoms with Crippen molar-refractivity contribution in [3.63, 3.8) is 0 Å². The van der Waals surface area contributed by atoms with Gasteiger partial charge < -0.3 is 15.4 Å². The van der Waals surface area contributed by atoms with Crippen molar-refractivity contribution in [1.82, 2.24) is 0 Å². The van der Waals surface area contributed by atoms with Gasteiger partial charge in [-0.2, -0.15) is 0 Å². The summed E-state index contributed by atoms with van der Waals surface area (Å²) in [7, 11) is 1.65. The first kappa shape index (κ1) is 12.3. The van der Waals surface area contributed by atoms with E-state index < -0.39 is 0 Å². The van der Waals surface area contributed by atoms with Crippen LogP contribution in [0.3, 0.4) is 0 Å². The quantitative estimate of drug-likeness (QED) is 0.816. The number of carbonyl (C=O) groups is 1. The Balaban J connectivity index is 1.90. The van der Waals surface area contributed by atoms with Gasteiger partial charge in [-0.3, -0.25) is 4.79 Å². The molecule has 1 aliphatic heterocycles. The molecule has 0 radical (unpaired) electrons. The fraction of sp³-hybridized carbons (Fsp3) is 0.533. The first-order valence-corrected chi connectivity index (χ1v) is 6.97. The number of nitrogens with one attached hydrogen (secondary N) is 2. The summed E-state index contributed by atoms with van der Waals surface area (Å²) in [5.41, 5.74) is 1.58. The monoisotopic (exact) mass is 260 g/mol. The molecule has 1 fully saturated rings. The Hall–Kier alpha value is -1.71. The molecule has 1 aliphatic carbocycles. The average Bonchev–Trinajstić information content (AvgIpc) is 2.58. The minimum absolute atomic E-state index is 0.170. The van der Waals surface area contributed by atoms with E-state index in [9.17, 15) is 4.79 Å². The maximum atomic E-state index is 12.5. The summed E-state index contributed by atoms with van der Waals surface area (Å²) in [6, 6.07) is 5.72. The van der Waals surface area contributed by atoms with Gasteiger partial charge in [0.05, 0.1) is 23.9 Å². The van der Waals surface area contributed by atoms with Gasteiger partial charge in [0, 0.05) is 12.6 Å². The Kier molecular flexibility index (Phi) is 3.09. The Morgan fingerprint density at radius 3 is 2.68 bits per heavy atom. The van der Waals surface area contributed by atoms with Gasteiger partial charge in [0.25, 0.3) is 0 Å². The number of carbonyl (C=O) groups excluding carboxylic acids is 1. The molecule has 1 aromatic rings. The van der Waals surface area contributed by atoms with Crippen LogP contribution in [0.15, 0.2) is 18.2 Å². The summed E-state index contributed by atoms with van der Waals surface area (Å²) in [5.74, 6) is 0.976. The molecule has 102 valence electrons. The zero-order valence-electron chi connectivity index (χ0n) is 11.3. The van der Waals surface area contributed by atoms with Crippen molar-refractivity contribution in [2.45, 2.75) is 32.1 Å². The summed E-state index contributed by atoms with van der Waals surface area (Å²) < 4.78 is 5.23. The molecule has 19 heavy (non-hydrogen) atoms. The first-order chi connectivity index (χ1) is 9.23. The van der Waals surface area contributed by atoms with E-state index in [1.54, 1.807) is 7.11 Å². The summed E-state index contributed by atoms with van der Waals surface area (Å²) in [6.45, 7) is 0.721. The van der Waals surface area contributed by atoms with E-state index in [0.717, 1.165) is 49.4 Å². The van der Waals surface area contributed by atoms with Crippen LogP contribution in [0, 0.1) is 5.41 Å². The Morgan fingerprint density at radius 1 is 1.16 bits per heavy atom. The molecule has 0 unspecified atom stereocenters. The highest BCUT2D eigenvalue weighted by atomic mass is 16.5. The Morgan fingerprint density at radius 2 is 1.95 bits per heavy atom. The van der Waals surface area contributed by atoms with Crippen LogP contribution < -0.4 is 15.4 Å². The van der Waals surface area contributed by atoms with E-state index in [-0.39, 0.29) is 11.3 Å². The molecule has 0 bridgehead atoms. The van der Waals surface area contributed by atoms with Crippen LogP contribution in [0.25, 0.3) is 0 Å². The van der Waals surface area contributed by atoms with E-state index in [4.69, 9.17) is 4.74 Å². The molecule has 3 rings (SSSR count). The molecule has 4 heteroatoms. The van der Waals surface area contributed by atoms with Crippen LogP contribution in [0.4, 0.5) is 11.4 Å². The highest BCUT2D eigenvalue weighted by Crippen LogP contribution is 2.41. The topological polar surface area (TPSA) is 50.4 Å². The van der Waals surface area contributed by atoms with Gasteiger partial charge in [0.15, 0.2) is 0 Å². The molecular formula is C15H20N2O2. The molecule has 0 aromatic heterocycles. The van der Waals surface area contributed by atoms with Crippen LogP contribution >= 0.6 is 0 Å². The predicted octanol–water partition coefficient (Wildman–Crippen LogP) is 3.01. The number of amides is 1. The van der Waals surface area contributed by atoms with Crippen molar-refractivity contribution in [2.24, 2.45) is 5.41 Å². The lowest BCUT2D eigenvalue weighted by Crippen LogP contribution is -2.41. The van der Waals surface area contributed by atoms with E-state index in [1.165, 1.54) is 6.42 Å². The van der Waals surface area contributed by atoms with E-state index in [0.29, 0.717) is 0 Å². The average molecular weight is 260 g/mol. The molecule has 1 spiro atoms. The second kappa shape index (κ2) is 4.76. The third-order valence-electron chi connectivity index (χ3n) is 4.38. The maximum absolute atomic E-state index is 12.5. The lowest BCUT2D eigenvalue weighted by Gasteiger charge is -2.34. The van der Waals surface area contributed by atoms with Crippen LogP contribution in [0.2, 0.25) is 0 Å². The van der Waals surface area contributed by atoms with Gasteiger partial charge in [-0.15, -0.1) is 0 Å². The smallest absolute Gasteiger partial charge is 0.232 e. The largest absolute Gasteiger partial charge is 0.497 e. The normalized spacial score (nSPS) is 21.0. The van der Waals surface area contributed by atoms with Gasteiger partial charge in [0.1, 0.15) is 5.75 Å². The minimum atomic E-state index is -0.232. The molecule has 2 N–H and O–H groups in total. The number of hydrogen-bond donors (Lipinski definition) is 2. The van der Waals surface area contributed by atoms with Crippen LogP contribution in [0.1, 0.15) is 32.1 Å². The third kappa shape index (κ3) is 2.15. The SMILES string of the molecule is COc1ccc2c(c1)NCC1(CCCCC1)C(=O)N2. The highest BCUT2D eigenvalue weighted by molar-refractivity contribution is 6.00. The molecule has 0 atom stereocenters. The van der Waals surface area contributed by atoms with Crippen molar-refractivity contribution in [2.75, 3.05) is 24.3 Å². The van der Waals surface area contributed by atoms with Crippen molar-refractivity contribution in [3.8, 4) is 5.75 Å². The van der Waals surface area contributed by atoms with Crippen LogP contribution in [-0.2, 0) is 4.79 Å². The predicted molar refractivity (Wildman–Crippen MR) is 75.6 cm³/mol. The number of rotatable bonds is 1. The van der Waals surface area contributed by atoms with Crippen LogP contribution in [-0.4, -0.2) is 19.6 Å². The zero-order valence-corrected chi connectivity index (χ0v) is 11.3. The van der Waals surface area contributed by atoms with E-state index >= 15 is 0 Å². The van der Waals surface area contributed by atoms with Gasteiger partial charge >= 0.3 is 0 Å². The molecule has 1 amide bonds. The van der Waals surface area contributed by atoms with E-state index in [2.05, 4.69) is 10.6 Å². The fourth-order valence-corrected chi connectivity index (χ4v) is 3.14. The molecular weight excluding hydrogens is 240 g/mol. The number of anilines is 2. The summed E-state index contributed by atoms with van der Waals surface area (Å²) in [5, 5.41) is 6.50. The number of methoxy groups -OCH3 is 1. The third-order valence-corrected chi connectivity index (χ3v) is 4.38. The number of benzene rings is 1. The van der Waals surface area contributed by atoms with Crippen molar-refractivity contribution in [1.29, 1.82) is 0 Å². The maximum Gasteiger partial charge on any atom is 0.232 e. The second-order valence-electron chi connectivity index (χ2n) is 5.56. The first-order valence-electron chi connectivity index (χ1n) is 6.97. The van der Waals surface area contributed by atoms with Crippen molar-refractivity contribution >= 4 is 17.3 Å². The summed E-state index contributed by atoms with van der Waals surface area (Å²) >= 11 is 0. The molecule has 4 nitrogen and oxygen atoms in total. The highest BCUT2D eigenvalue weighted by Gasteiger charge is 2.41. The van der Waals surface area contributed by atoms with Gasteiger partial charge in [-0.05, 0) is 25.0 Å². The van der Waals surface area contributed by atoms with Gasteiger partial charge in [-0.25, -0.2) is 0 Å². The van der Waals surface area contributed by atoms with Gasteiger partial charge in [0.2, 0.25) is 5.91 Å². The van der Waals surface area contributed by atoms with Crippen molar-refractivity contribution < 1.29 is 9.53 Å². The molecule has 0 saturated heterocycles. The van der Waals surface area contributed by atoms with Crippen molar-refractivity contribution in [3.05, 3.63) is 18.2 Å². The van der Waals surface area contributed by atoms with Crippen LogP contribution in [0.5, 0.6) is 5.75 Å². The standard InChI is InChI=1S/C15H20N2O2/c1-19-11-5-6-12-13(9-11)16-10-15(14(18)17-12)7-3-2-4-8-15/h5-6,9,16H,2-4,7-8,10H2,1H3,(H,17,18). The Bertz CT molecular complexity index is 493. The summed E-state index contributed by atoms with van der Waals surface area (Å²) in [6.07, 6.45) is 5.51. The Labute approximate surface area is 113 Å². The number of ether oxygens (including phenoxy) is 1. The minimum Gasteiger partial charge on any atom is -0.497 e.